The molecule has 150 valence electrons. The number of ether oxygens (including phenoxy) is 3. The van der Waals surface area contributed by atoms with Crippen LogP contribution in [-0.2, 0) is 4.79 Å². The number of aryl methyl sites for hydroxylation is 1. The van der Waals surface area contributed by atoms with Gasteiger partial charge in [-0.15, -0.1) is 0 Å². The zero-order valence-electron chi connectivity index (χ0n) is 15.6. The number of carbonyl (C=O) groups is 1. The highest BCUT2D eigenvalue weighted by atomic mass is 127. The van der Waals surface area contributed by atoms with Crippen LogP contribution in [0.25, 0.3) is 0 Å². The van der Waals surface area contributed by atoms with Crippen LogP contribution in [0.2, 0.25) is 0 Å². The maximum Gasteiger partial charge on any atom is 0.382 e. The Bertz CT molecular complexity index is 931. The second-order valence-electron chi connectivity index (χ2n) is 6.39. The van der Waals surface area contributed by atoms with E-state index in [1.807, 2.05) is 31.2 Å². The maximum atomic E-state index is 13.2. The van der Waals surface area contributed by atoms with Crippen LogP contribution in [0.1, 0.15) is 12.5 Å². The summed E-state index contributed by atoms with van der Waals surface area (Å²) in [7, 11) is 0. The number of benzene rings is 3. The van der Waals surface area contributed by atoms with Crippen molar-refractivity contribution in [3.8, 4) is 28.7 Å². The van der Waals surface area contributed by atoms with Crippen LogP contribution in [0.4, 0.5) is 8.78 Å². The second kappa shape index (κ2) is 8.77. The molecule has 0 unspecified atom stereocenters. The molecule has 0 heterocycles. The molecule has 0 atom stereocenters. The van der Waals surface area contributed by atoms with Crippen molar-refractivity contribution in [3.05, 3.63) is 75.9 Å². The van der Waals surface area contributed by atoms with Gasteiger partial charge in [-0.25, -0.2) is 4.79 Å². The first-order valence-corrected chi connectivity index (χ1v) is 9.70. The van der Waals surface area contributed by atoms with E-state index in [1.165, 1.54) is 12.1 Å². The Hall–Kier alpha value is -2.68. The molecule has 3 aromatic rings. The van der Waals surface area contributed by atoms with E-state index in [4.69, 9.17) is 14.2 Å². The number of halogens is 3. The summed E-state index contributed by atoms with van der Waals surface area (Å²) >= 11 is 2.17. The molecular weight excluding hydrogens is 493 g/mol. The lowest BCUT2D eigenvalue weighted by molar-refractivity contribution is -0.158. The first kappa shape index (κ1) is 21.0. The molecule has 0 radical (unpaired) electrons. The Morgan fingerprint density at radius 1 is 0.793 bits per heavy atom. The molecule has 0 saturated heterocycles. The molecule has 0 aliphatic rings. The Balaban J connectivity index is 1.90. The Labute approximate surface area is 180 Å². The topological polar surface area (TPSA) is 44.8 Å². The molecule has 0 aliphatic carbocycles. The quantitative estimate of drug-likeness (QED) is 0.209. The van der Waals surface area contributed by atoms with Crippen molar-refractivity contribution in [2.75, 3.05) is 0 Å². The molecule has 0 aromatic heterocycles. The molecule has 0 amide bonds. The number of carbonyl (C=O) groups excluding carboxylic acids is 1. The third-order valence-corrected chi connectivity index (χ3v) is 4.45. The van der Waals surface area contributed by atoms with Crippen molar-refractivity contribution in [2.24, 2.45) is 0 Å². The van der Waals surface area contributed by atoms with Gasteiger partial charge >= 0.3 is 11.9 Å². The third kappa shape index (κ3) is 6.15. The van der Waals surface area contributed by atoms with Crippen LogP contribution >= 0.6 is 22.6 Å². The molecular formula is C22H17F2IO4. The maximum absolute atomic E-state index is 13.2. The van der Waals surface area contributed by atoms with Gasteiger partial charge in [0.15, 0.2) is 0 Å². The van der Waals surface area contributed by atoms with E-state index in [-0.39, 0.29) is 17.2 Å². The van der Waals surface area contributed by atoms with Gasteiger partial charge in [0.25, 0.3) is 0 Å². The SMILES string of the molecule is Cc1ccc(Oc2cc(OC(=O)C(C)(F)F)cc(Oc3ccc(I)cc3)c2)cc1. The van der Waals surface area contributed by atoms with Gasteiger partial charge in [-0.1, -0.05) is 17.7 Å². The van der Waals surface area contributed by atoms with Crippen LogP contribution in [0, 0.1) is 10.5 Å². The summed E-state index contributed by atoms with van der Waals surface area (Å²) in [6, 6.07) is 18.8. The Morgan fingerprint density at radius 3 is 1.72 bits per heavy atom. The van der Waals surface area contributed by atoms with E-state index in [1.54, 1.807) is 30.3 Å². The van der Waals surface area contributed by atoms with Gasteiger partial charge in [-0.2, -0.15) is 8.78 Å². The fourth-order valence-corrected chi connectivity index (χ4v) is 2.66. The van der Waals surface area contributed by atoms with E-state index in [9.17, 15) is 13.6 Å². The van der Waals surface area contributed by atoms with E-state index in [0.29, 0.717) is 18.4 Å². The van der Waals surface area contributed by atoms with Crippen LogP contribution in [0.5, 0.6) is 28.7 Å². The van der Waals surface area contributed by atoms with E-state index < -0.39 is 11.9 Å². The smallest absolute Gasteiger partial charge is 0.382 e. The summed E-state index contributed by atoms with van der Waals surface area (Å²) in [6.07, 6.45) is 0. The minimum atomic E-state index is -3.62. The molecule has 0 bridgehead atoms. The van der Waals surface area contributed by atoms with Gasteiger partial charge in [0.1, 0.15) is 28.7 Å². The van der Waals surface area contributed by atoms with Crippen molar-refractivity contribution in [3.63, 3.8) is 0 Å². The summed E-state index contributed by atoms with van der Waals surface area (Å²) in [6.45, 7) is 2.42. The minimum Gasteiger partial charge on any atom is -0.457 e. The average molecular weight is 510 g/mol. The highest BCUT2D eigenvalue weighted by molar-refractivity contribution is 14.1. The zero-order valence-corrected chi connectivity index (χ0v) is 17.8. The molecule has 0 spiro atoms. The summed E-state index contributed by atoms with van der Waals surface area (Å²) in [4.78, 5) is 11.6. The first-order chi connectivity index (χ1) is 13.7. The first-order valence-electron chi connectivity index (χ1n) is 8.62. The van der Waals surface area contributed by atoms with Gasteiger partial charge in [0, 0.05) is 28.7 Å². The third-order valence-electron chi connectivity index (χ3n) is 3.73. The van der Waals surface area contributed by atoms with Gasteiger partial charge < -0.3 is 14.2 Å². The van der Waals surface area contributed by atoms with Crippen molar-refractivity contribution >= 4 is 28.6 Å². The highest BCUT2D eigenvalue weighted by Gasteiger charge is 2.35. The molecule has 0 fully saturated rings. The van der Waals surface area contributed by atoms with Gasteiger partial charge in [-0.05, 0) is 65.9 Å². The molecule has 0 N–H and O–H groups in total. The molecule has 3 rings (SSSR count). The van der Waals surface area contributed by atoms with Crippen molar-refractivity contribution in [1.82, 2.24) is 0 Å². The average Bonchev–Trinajstić information content (AvgIpc) is 2.65. The number of hydrogen-bond donors (Lipinski definition) is 0. The van der Waals surface area contributed by atoms with Gasteiger partial charge in [0.2, 0.25) is 0 Å². The standard InChI is InChI=1S/C22H17F2IO4/c1-14-3-7-16(8-4-14)27-18-11-19(28-17-9-5-15(25)6-10-17)13-20(12-18)29-21(26)22(2,23)24/h3-13H,1-2H3. The fraction of sp³-hybridized carbons (Fsp3) is 0.136. The largest absolute Gasteiger partial charge is 0.457 e. The normalized spacial score (nSPS) is 11.1. The van der Waals surface area contributed by atoms with Crippen molar-refractivity contribution < 1.29 is 27.8 Å². The van der Waals surface area contributed by atoms with E-state index in [2.05, 4.69) is 22.6 Å². The molecule has 0 aliphatic heterocycles. The lowest BCUT2D eigenvalue weighted by atomic mass is 10.2. The fourth-order valence-electron chi connectivity index (χ4n) is 2.30. The molecule has 29 heavy (non-hydrogen) atoms. The molecule has 7 heteroatoms. The summed E-state index contributed by atoms with van der Waals surface area (Å²) in [5.74, 6) is -3.76. The zero-order chi connectivity index (χ0) is 21.0. The Kier molecular flexibility index (Phi) is 6.36. The summed E-state index contributed by atoms with van der Waals surface area (Å²) in [5.41, 5.74) is 1.06. The van der Waals surface area contributed by atoms with E-state index in [0.717, 1.165) is 9.13 Å². The monoisotopic (exact) mass is 510 g/mol. The van der Waals surface area contributed by atoms with Gasteiger partial charge in [-0.3, -0.25) is 0 Å². The van der Waals surface area contributed by atoms with Crippen LogP contribution in [0.3, 0.4) is 0 Å². The predicted octanol–water partition coefficient (Wildman–Crippen LogP) is 6.74. The van der Waals surface area contributed by atoms with Gasteiger partial charge in [0.05, 0.1) is 0 Å². The minimum absolute atomic E-state index is 0.110. The van der Waals surface area contributed by atoms with Crippen LogP contribution in [0.15, 0.2) is 66.7 Å². The number of rotatable bonds is 6. The highest BCUT2D eigenvalue weighted by Crippen LogP contribution is 2.34. The van der Waals surface area contributed by atoms with E-state index >= 15 is 0 Å². The summed E-state index contributed by atoms with van der Waals surface area (Å²) < 4.78 is 43.9. The molecule has 0 saturated carbocycles. The lowest BCUT2D eigenvalue weighted by Gasteiger charge is -2.14. The second-order valence-corrected chi connectivity index (χ2v) is 7.63. The van der Waals surface area contributed by atoms with Crippen molar-refractivity contribution in [2.45, 2.75) is 19.8 Å². The van der Waals surface area contributed by atoms with Crippen LogP contribution < -0.4 is 14.2 Å². The number of esters is 1. The Morgan fingerprint density at radius 2 is 1.24 bits per heavy atom. The number of alkyl halides is 2. The molecule has 3 aromatic carbocycles. The number of hydrogen-bond acceptors (Lipinski definition) is 4. The lowest BCUT2D eigenvalue weighted by Crippen LogP contribution is -2.29. The predicted molar refractivity (Wildman–Crippen MR) is 113 cm³/mol. The summed E-state index contributed by atoms with van der Waals surface area (Å²) in [5, 5.41) is 0. The van der Waals surface area contributed by atoms with Crippen LogP contribution in [-0.4, -0.2) is 11.9 Å². The molecule has 4 nitrogen and oxygen atoms in total. The van der Waals surface area contributed by atoms with Crippen molar-refractivity contribution in [1.29, 1.82) is 0 Å².